The number of amides is 1. The number of carbonyl (C=O) groups excluding carboxylic acids is 1. The van der Waals surface area contributed by atoms with E-state index in [1.165, 1.54) is 12.1 Å². The second-order valence-corrected chi connectivity index (χ2v) is 8.26. The molecule has 0 saturated carbocycles. The minimum absolute atomic E-state index is 0.0346. The number of fused-ring (bicyclic) bond motifs is 2. The van der Waals surface area contributed by atoms with Crippen molar-refractivity contribution in [3.05, 3.63) is 78.2 Å². The maximum absolute atomic E-state index is 13.3. The fourth-order valence-corrected chi connectivity index (χ4v) is 4.66. The molecule has 0 bridgehead atoms. The molecule has 33 heavy (non-hydrogen) atoms. The van der Waals surface area contributed by atoms with Crippen molar-refractivity contribution in [2.45, 2.75) is 18.5 Å². The summed E-state index contributed by atoms with van der Waals surface area (Å²) < 4.78 is 26.4. The molecule has 2 aliphatic rings. The lowest BCUT2D eigenvalue weighted by atomic mass is 9.99. The molecule has 0 radical (unpaired) electrons. The van der Waals surface area contributed by atoms with Crippen LogP contribution in [0.2, 0.25) is 0 Å². The van der Waals surface area contributed by atoms with Crippen LogP contribution in [0.4, 0.5) is 10.1 Å². The third-order valence-corrected chi connectivity index (χ3v) is 6.17. The van der Waals surface area contributed by atoms with Crippen molar-refractivity contribution in [2.75, 3.05) is 18.1 Å². The van der Waals surface area contributed by atoms with E-state index in [0.717, 1.165) is 27.8 Å². The highest BCUT2D eigenvalue weighted by Crippen LogP contribution is 2.41. The Bertz CT molecular complexity index is 1370. The van der Waals surface area contributed by atoms with E-state index >= 15 is 0 Å². The molecule has 2 atom stereocenters. The van der Waals surface area contributed by atoms with E-state index in [2.05, 4.69) is 5.10 Å². The molecule has 1 saturated heterocycles. The number of nitrogens with two attached hydrogens (primary N) is 1. The van der Waals surface area contributed by atoms with E-state index in [1.807, 2.05) is 36.4 Å². The predicted molar refractivity (Wildman–Crippen MR) is 121 cm³/mol. The average molecular weight is 444 g/mol. The molecule has 0 spiro atoms. The Morgan fingerprint density at radius 1 is 0.939 bits per heavy atom. The van der Waals surface area contributed by atoms with E-state index in [4.69, 9.17) is 15.2 Å². The Hall–Kier alpha value is -3.91. The number of halogens is 1. The fraction of sp³-hybridized carbons (Fsp3) is 0.200. The van der Waals surface area contributed by atoms with Crippen LogP contribution in [0.3, 0.4) is 0 Å². The van der Waals surface area contributed by atoms with Gasteiger partial charge in [-0.25, -0.2) is 9.07 Å². The van der Waals surface area contributed by atoms with Gasteiger partial charge >= 0.3 is 0 Å². The quantitative estimate of drug-likeness (QED) is 0.521. The zero-order valence-electron chi connectivity index (χ0n) is 17.6. The zero-order chi connectivity index (χ0) is 22.5. The smallest absolute Gasteiger partial charge is 0.229 e. The zero-order valence-corrected chi connectivity index (χ0v) is 17.6. The third kappa shape index (κ3) is 3.30. The SMILES string of the molecule is N[C@H]1CC(=O)N(c2ccc3c(cnn3-c3ccc(F)cc3)c2)[C@@H]1c1ccc2c(c1)OCCO2. The first-order valence-corrected chi connectivity index (χ1v) is 10.8. The molecule has 6 rings (SSSR count). The van der Waals surface area contributed by atoms with Crippen LogP contribution in [0, 0.1) is 5.82 Å². The van der Waals surface area contributed by atoms with Gasteiger partial charge in [0.05, 0.1) is 23.4 Å². The summed E-state index contributed by atoms with van der Waals surface area (Å²) >= 11 is 0. The van der Waals surface area contributed by atoms with E-state index in [9.17, 15) is 9.18 Å². The number of hydrogen-bond acceptors (Lipinski definition) is 5. The highest BCUT2D eigenvalue weighted by Gasteiger charge is 2.40. The van der Waals surface area contributed by atoms with Gasteiger partial charge in [0, 0.05) is 23.5 Å². The number of aromatic nitrogens is 2. The van der Waals surface area contributed by atoms with Crippen molar-refractivity contribution in [3.8, 4) is 17.2 Å². The maximum Gasteiger partial charge on any atom is 0.229 e. The highest BCUT2D eigenvalue weighted by atomic mass is 19.1. The van der Waals surface area contributed by atoms with Gasteiger partial charge in [-0.3, -0.25) is 4.79 Å². The molecule has 0 unspecified atom stereocenters. The monoisotopic (exact) mass is 444 g/mol. The van der Waals surface area contributed by atoms with Crippen molar-refractivity contribution in [2.24, 2.45) is 5.73 Å². The van der Waals surface area contributed by atoms with Gasteiger partial charge in [-0.2, -0.15) is 5.10 Å². The summed E-state index contributed by atoms with van der Waals surface area (Å²) in [6.45, 7) is 1.01. The molecule has 2 N–H and O–H groups in total. The fourth-order valence-electron chi connectivity index (χ4n) is 4.66. The Morgan fingerprint density at radius 2 is 1.70 bits per heavy atom. The summed E-state index contributed by atoms with van der Waals surface area (Å²) in [5.41, 5.74) is 9.70. The third-order valence-electron chi connectivity index (χ3n) is 6.17. The molecule has 1 fully saturated rings. The summed E-state index contributed by atoms with van der Waals surface area (Å²) in [6, 6.07) is 17.0. The number of rotatable bonds is 3. The van der Waals surface area contributed by atoms with Crippen LogP contribution in [0.15, 0.2) is 66.9 Å². The van der Waals surface area contributed by atoms with E-state index in [1.54, 1.807) is 27.9 Å². The van der Waals surface area contributed by atoms with Crippen molar-refractivity contribution < 1.29 is 18.7 Å². The molecule has 3 aromatic carbocycles. The lowest BCUT2D eigenvalue weighted by Gasteiger charge is -2.28. The minimum atomic E-state index is -0.349. The number of carbonyl (C=O) groups is 1. The van der Waals surface area contributed by atoms with Crippen LogP contribution in [-0.2, 0) is 4.79 Å². The normalized spacial score (nSPS) is 19.9. The van der Waals surface area contributed by atoms with E-state index < -0.39 is 0 Å². The summed E-state index contributed by atoms with van der Waals surface area (Å²) in [5.74, 6) is 1.03. The number of benzene rings is 3. The van der Waals surface area contributed by atoms with Gasteiger partial charge in [0.15, 0.2) is 11.5 Å². The minimum Gasteiger partial charge on any atom is -0.486 e. The molecule has 2 aliphatic heterocycles. The van der Waals surface area contributed by atoms with Gasteiger partial charge in [0.1, 0.15) is 19.0 Å². The largest absolute Gasteiger partial charge is 0.486 e. The van der Waals surface area contributed by atoms with Crippen molar-refractivity contribution in [1.29, 1.82) is 0 Å². The molecule has 4 aromatic rings. The number of hydrogen-bond donors (Lipinski definition) is 1. The summed E-state index contributed by atoms with van der Waals surface area (Å²) in [6.07, 6.45) is 1.99. The first-order valence-electron chi connectivity index (χ1n) is 10.8. The molecule has 0 aliphatic carbocycles. The van der Waals surface area contributed by atoms with E-state index in [0.29, 0.717) is 24.7 Å². The highest BCUT2D eigenvalue weighted by molar-refractivity contribution is 5.99. The van der Waals surface area contributed by atoms with E-state index in [-0.39, 0.29) is 30.2 Å². The lowest BCUT2D eigenvalue weighted by Crippen LogP contribution is -2.33. The van der Waals surface area contributed by atoms with Gasteiger partial charge in [-0.1, -0.05) is 6.07 Å². The van der Waals surface area contributed by atoms with Crippen molar-refractivity contribution in [3.63, 3.8) is 0 Å². The van der Waals surface area contributed by atoms with Gasteiger partial charge in [0.2, 0.25) is 5.91 Å². The molecular formula is C25H21FN4O3. The van der Waals surface area contributed by atoms with Gasteiger partial charge < -0.3 is 20.1 Å². The molecular weight excluding hydrogens is 423 g/mol. The van der Waals surface area contributed by atoms with Crippen LogP contribution < -0.4 is 20.1 Å². The van der Waals surface area contributed by atoms with Crippen molar-refractivity contribution in [1.82, 2.24) is 9.78 Å². The molecule has 1 aromatic heterocycles. The number of anilines is 1. The van der Waals surface area contributed by atoms with Crippen LogP contribution in [0.1, 0.15) is 18.0 Å². The standard InChI is InChI=1S/C25H21FN4O3/c26-17-2-4-18(5-3-17)30-21-7-6-19(11-16(21)14-28-30)29-24(31)13-20(27)25(29)15-1-8-22-23(12-15)33-10-9-32-22/h1-8,11-12,14,20,25H,9-10,13,27H2/t20-,25+/m0/s1. The Balaban J connectivity index is 1.39. The van der Waals surface area contributed by atoms with Gasteiger partial charge in [-0.15, -0.1) is 0 Å². The summed E-state index contributed by atoms with van der Waals surface area (Å²) in [4.78, 5) is 14.7. The maximum atomic E-state index is 13.3. The Morgan fingerprint density at radius 3 is 2.52 bits per heavy atom. The first-order chi connectivity index (χ1) is 16.1. The van der Waals surface area contributed by atoms with Crippen LogP contribution >= 0.6 is 0 Å². The first kappa shape index (κ1) is 19.8. The van der Waals surface area contributed by atoms with Gasteiger partial charge in [-0.05, 0) is 60.2 Å². The number of nitrogens with zero attached hydrogens (tertiary/aromatic N) is 3. The number of ether oxygens (including phenoxy) is 2. The molecule has 8 heteroatoms. The molecule has 1 amide bonds. The molecule has 3 heterocycles. The Labute approximate surface area is 189 Å². The molecule has 7 nitrogen and oxygen atoms in total. The second-order valence-electron chi connectivity index (χ2n) is 8.26. The summed E-state index contributed by atoms with van der Waals surface area (Å²) in [5, 5.41) is 5.32. The van der Waals surface area contributed by atoms with Crippen LogP contribution in [-0.4, -0.2) is 34.9 Å². The summed E-state index contributed by atoms with van der Waals surface area (Å²) in [7, 11) is 0. The van der Waals surface area contributed by atoms with Crippen LogP contribution in [0.25, 0.3) is 16.6 Å². The molecule has 166 valence electrons. The predicted octanol–water partition coefficient (Wildman–Crippen LogP) is 3.74. The second kappa shape index (κ2) is 7.60. The van der Waals surface area contributed by atoms with Gasteiger partial charge in [0.25, 0.3) is 0 Å². The van der Waals surface area contributed by atoms with Crippen LogP contribution in [0.5, 0.6) is 11.5 Å². The topological polar surface area (TPSA) is 82.6 Å². The average Bonchev–Trinajstić information content (AvgIpc) is 3.38. The lowest BCUT2D eigenvalue weighted by molar-refractivity contribution is -0.117. The van der Waals surface area contributed by atoms with Crippen molar-refractivity contribution >= 4 is 22.5 Å². The Kier molecular flexibility index (Phi) is 4.55.